The number of halogens is 1. The van der Waals surface area contributed by atoms with Crippen LogP contribution in [0.2, 0.25) is 0 Å². The first-order valence-electron chi connectivity index (χ1n) is 2.03. The zero-order valence-corrected chi connectivity index (χ0v) is 6.83. The van der Waals surface area contributed by atoms with Crippen molar-refractivity contribution in [2.45, 2.75) is 12.5 Å². The molecule has 3 heteroatoms. The van der Waals surface area contributed by atoms with E-state index in [9.17, 15) is 0 Å². The maximum atomic E-state index is 5.38. The summed E-state index contributed by atoms with van der Waals surface area (Å²) >= 11 is 5.38. The fraction of sp³-hybridized carbons (Fsp3) is 1.00. The monoisotopic (exact) mass is 124 g/mol. The van der Waals surface area contributed by atoms with Crippen molar-refractivity contribution in [3.63, 3.8) is 0 Å². The van der Waals surface area contributed by atoms with Gasteiger partial charge in [-0.25, -0.2) is 0 Å². The third-order valence-corrected chi connectivity index (χ3v) is 0.856. The Morgan fingerprint density at radius 1 is 2.00 bits per heavy atom. The van der Waals surface area contributed by atoms with E-state index in [4.69, 9.17) is 16.3 Å². The summed E-state index contributed by atoms with van der Waals surface area (Å²) in [5, 5.41) is 0. The van der Waals surface area contributed by atoms with Crippen molar-refractivity contribution in [3.8, 4) is 0 Å². The summed E-state index contributed by atoms with van der Waals surface area (Å²) in [4.78, 5) is 0. The zero-order valence-electron chi connectivity index (χ0n) is 4.07. The molecule has 0 aromatic rings. The molecule has 6 heavy (non-hydrogen) atoms. The number of rotatable bonds is 2. The lowest BCUT2D eigenvalue weighted by molar-refractivity contribution is 0.163. The molecule has 1 nitrogen and oxygen atoms in total. The number of hydrogen-bond acceptors (Lipinski definition) is 1. The van der Waals surface area contributed by atoms with Crippen molar-refractivity contribution in [1.82, 2.24) is 0 Å². The van der Waals surface area contributed by atoms with Gasteiger partial charge in [0, 0.05) is 16.5 Å². The average molecular weight is 125 g/mol. The molecule has 0 radical (unpaired) electrons. The van der Waals surface area contributed by atoms with E-state index in [1.165, 1.54) is 0 Å². The van der Waals surface area contributed by atoms with Crippen LogP contribution >= 0.6 is 11.6 Å². The highest BCUT2D eigenvalue weighted by Crippen LogP contribution is 1.91. The third-order valence-electron chi connectivity index (χ3n) is 0.396. The molecular formula is C3H9ClOSi. The van der Waals surface area contributed by atoms with Crippen LogP contribution in [0.15, 0.2) is 0 Å². The second-order valence-corrected chi connectivity index (χ2v) is 2.19. The topological polar surface area (TPSA) is 9.23 Å². The molecule has 0 rings (SSSR count). The van der Waals surface area contributed by atoms with E-state index in [-0.39, 0.29) is 5.56 Å². The highest BCUT2D eigenvalue weighted by atomic mass is 35.5. The van der Waals surface area contributed by atoms with Gasteiger partial charge in [-0.2, -0.15) is 0 Å². The molecular weight excluding hydrogens is 116 g/mol. The summed E-state index contributed by atoms with van der Waals surface area (Å²) in [6, 6.07) is 0. The number of hydrogen-bond donors (Lipinski definition) is 0. The van der Waals surface area contributed by atoms with Crippen LogP contribution in [-0.4, -0.2) is 22.0 Å². The lowest BCUT2D eigenvalue weighted by Gasteiger charge is -1.97. The summed E-state index contributed by atoms with van der Waals surface area (Å²) in [6.45, 7) is 1.82. The highest BCUT2D eigenvalue weighted by Gasteiger charge is 1.86. The van der Waals surface area contributed by atoms with Gasteiger partial charge in [-0.1, -0.05) is 11.6 Å². The van der Waals surface area contributed by atoms with E-state index >= 15 is 0 Å². The standard InChI is InChI=1S/C3H9ClOSi/c1-3(4)5-2-6/h3H,2H2,1,6H3. The Morgan fingerprint density at radius 3 is 2.50 bits per heavy atom. The molecule has 0 saturated carbocycles. The van der Waals surface area contributed by atoms with Gasteiger partial charge in [-0.05, 0) is 6.92 Å². The van der Waals surface area contributed by atoms with Crippen molar-refractivity contribution in [2.75, 3.05) is 6.23 Å². The van der Waals surface area contributed by atoms with E-state index in [1.54, 1.807) is 0 Å². The average Bonchev–Trinajstić information content (AvgIpc) is 1.35. The fourth-order valence-electron chi connectivity index (χ4n) is 0.230. The molecule has 0 amide bonds. The van der Waals surface area contributed by atoms with Crippen molar-refractivity contribution in [2.24, 2.45) is 0 Å². The number of ether oxygens (including phenoxy) is 1. The molecule has 1 unspecified atom stereocenters. The van der Waals surface area contributed by atoms with Gasteiger partial charge >= 0.3 is 0 Å². The lowest BCUT2D eigenvalue weighted by Crippen LogP contribution is -1.99. The highest BCUT2D eigenvalue weighted by molar-refractivity contribution is 6.19. The molecule has 1 atom stereocenters. The molecule has 0 fully saturated rings. The third kappa shape index (κ3) is 4.47. The van der Waals surface area contributed by atoms with E-state index in [0.717, 1.165) is 16.5 Å². The minimum atomic E-state index is -0.0949. The smallest absolute Gasteiger partial charge is 0.127 e. The Balaban J connectivity index is 2.63. The van der Waals surface area contributed by atoms with Gasteiger partial charge in [0.05, 0.1) is 0 Å². The van der Waals surface area contributed by atoms with Gasteiger partial charge in [0.1, 0.15) is 5.56 Å². The van der Waals surface area contributed by atoms with Crippen molar-refractivity contribution in [3.05, 3.63) is 0 Å². The molecule has 0 aliphatic rings. The minimum absolute atomic E-state index is 0.0949. The first-order chi connectivity index (χ1) is 2.77. The number of alkyl halides is 1. The van der Waals surface area contributed by atoms with Gasteiger partial charge < -0.3 is 4.74 Å². The van der Waals surface area contributed by atoms with Crippen LogP contribution in [-0.2, 0) is 4.74 Å². The second kappa shape index (κ2) is 3.65. The predicted molar refractivity (Wildman–Crippen MR) is 31.2 cm³/mol. The molecule has 0 aliphatic carbocycles. The SMILES string of the molecule is CC(Cl)OC[SiH3]. The van der Waals surface area contributed by atoms with Crippen LogP contribution in [0.1, 0.15) is 6.92 Å². The molecule has 0 bridgehead atoms. The summed E-state index contributed by atoms with van der Waals surface area (Å²) in [5.41, 5.74) is -0.0949. The first kappa shape index (κ1) is 6.47. The van der Waals surface area contributed by atoms with Gasteiger partial charge in [0.25, 0.3) is 0 Å². The summed E-state index contributed by atoms with van der Waals surface area (Å²) in [5.74, 6) is 0. The molecule has 38 valence electrons. The molecule has 0 aromatic carbocycles. The van der Waals surface area contributed by atoms with Crippen molar-refractivity contribution < 1.29 is 4.74 Å². The quantitative estimate of drug-likeness (QED) is 0.370. The van der Waals surface area contributed by atoms with E-state index in [2.05, 4.69) is 0 Å². The van der Waals surface area contributed by atoms with Crippen LogP contribution in [0.5, 0.6) is 0 Å². The van der Waals surface area contributed by atoms with Gasteiger partial charge in [0.2, 0.25) is 0 Å². The molecule has 0 N–H and O–H groups in total. The Morgan fingerprint density at radius 2 is 2.50 bits per heavy atom. The van der Waals surface area contributed by atoms with Gasteiger partial charge in [0.15, 0.2) is 0 Å². The van der Waals surface area contributed by atoms with Gasteiger partial charge in [-0.15, -0.1) is 0 Å². The molecule has 0 saturated heterocycles. The Kier molecular flexibility index (Phi) is 3.93. The summed E-state index contributed by atoms with van der Waals surface area (Å²) in [7, 11) is 1.08. The minimum Gasteiger partial charge on any atom is -0.367 e. The molecule has 0 spiro atoms. The van der Waals surface area contributed by atoms with E-state index in [1.807, 2.05) is 6.92 Å². The largest absolute Gasteiger partial charge is 0.367 e. The van der Waals surface area contributed by atoms with Crippen LogP contribution in [0.25, 0.3) is 0 Å². The zero-order chi connectivity index (χ0) is 4.99. The maximum absolute atomic E-state index is 5.38. The van der Waals surface area contributed by atoms with E-state index in [0.29, 0.717) is 0 Å². The van der Waals surface area contributed by atoms with Crippen LogP contribution in [0, 0.1) is 0 Å². The van der Waals surface area contributed by atoms with Crippen LogP contribution in [0.4, 0.5) is 0 Å². The Labute approximate surface area is 46.1 Å². The fourth-order valence-corrected chi connectivity index (χ4v) is 1.07. The van der Waals surface area contributed by atoms with Crippen LogP contribution in [0.3, 0.4) is 0 Å². The normalized spacial score (nSPS) is 15.0. The van der Waals surface area contributed by atoms with Gasteiger partial charge in [-0.3, -0.25) is 0 Å². The summed E-state index contributed by atoms with van der Waals surface area (Å²) in [6.07, 6.45) is 0.838. The lowest BCUT2D eigenvalue weighted by atomic mass is 10.9. The summed E-state index contributed by atoms with van der Waals surface area (Å²) < 4.78 is 4.87. The molecule has 0 heterocycles. The predicted octanol–water partition coefficient (Wildman–Crippen LogP) is -0.0893. The molecule has 0 aliphatic heterocycles. The molecule has 0 aromatic heterocycles. The van der Waals surface area contributed by atoms with Crippen LogP contribution < -0.4 is 0 Å². The Bertz CT molecular complexity index is 32.0. The first-order valence-corrected chi connectivity index (χ1v) is 3.88. The van der Waals surface area contributed by atoms with Crippen molar-refractivity contribution >= 4 is 21.8 Å². The van der Waals surface area contributed by atoms with E-state index < -0.39 is 0 Å². The van der Waals surface area contributed by atoms with Crippen molar-refractivity contribution in [1.29, 1.82) is 0 Å². The Hall–Kier alpha value is 0.467. The maximum Gasteiger partial charge on any atom is 0.127 e. The second-order valence-electron chi connectivity index (χ2n) is 0.998.